The number of nitrogens with two attached hydrogens (primary N) is 1. The summed E-state index contributed by atoms with van der Waals surface area (Å²) < 4.78 is 2.06. The number of allylic oxidation sites excluding steroid dienone is 2. The van der Waals surface area contributed by atoms with Gasteiger partial charge in [0, 0.05) is 24.8 Å². The summed E-state index contributed by atoms with van der Waals surface area (Å²) in [6.45, 7) is 2.65. The van der Waals surface area contributed by atoms with Crippen molar-refractivity contribution >= 4 is 23.6 Å². The predicted octanol–water partition coefficient (Wildman–Crippen LogP) is 0.420. The van der Waals surface area contributed by atoms with E-state index < -0.39 is 12.0 Å². The van der Waals surface area contributed by atoms with Gasteiger partial charge in [-0.15, -0.1) is 11.8 Å². The van der Waals surface area contributed by atoms with Crippen LogP contribution in [0.15, 0.2) is 47.8 Å². The van der Waals surface area contributed by atoms with E-state index in [4.69, 9.17) is 5.73 Å². The van der Waals surface area contributed by atoms with Gasteiger partial charge in [-0.3, -0.25) is 9.69 Å². The molecule has 3 rings (SSSR count). The zero-order chi connectivity index (χ0) is 16.6. The topological polar surface area (TPSA) is 87.5 Å². The van der Waals surface area contributed by atoms with E-state index >= 15 is 0 Å². The van der Waals surface area contributed by atoms with Crippen LogP contribution in [-0.4, -0.2) is 39.1 Å². The Hall–Kier alpha value is -2.12. The summed E-state index contributed by atoms with van der Waals surface area (Å²) in [5.74, 6) is -0.865. The zero-order valence-corrected chi connectivity index (χ0v) is 13.5. The van der Waals surface area contributed by atoms with Gasteiger partial charge in [0.15, 0.2) is 18.4 Å². The van der Waals surface area contributed by atoms with Crippen LogP contribution < -0.4 is 10.3 Å². The number of carbonyl (C=O) groups excluding carboxylic acids is 1. The highest BCUT2D eigenvalue weighted by atomic mass is 32.2. The monoisotopic (exact) mass is 332 g/mol. The van der Waals surface area contributed by atoms with E-state index in [1.54, 1.807) is 6.08 Å². The molecule has 0 unspecified atom stereocenters. The molecule has 0 saturated carbocycles. The maximum atomic E-state index is 11.9. The van der Waals surface area contributed by atoms with Gasteiger partial charge in [-0.05, 0) is 11.6 Å². The Morgan fingerprint density at radius 2 is 2.35 bits per heavy atom. The predicted molar refractivity (Wildman–Crippen MR) is 86.2 cm³/mol. The van der Waals surface area contributed by atoms with E-state index in [9.17, 15) is 14.7 Å². The number of aryl methyl sites for hydroxylation is 1. The van der Waals surface area contributed by atoms with Gasteiger partial charge in [0.05, 0.1) is 0 Å². The second-order valence-electron chi connectivity index (χ2n) is 5.51. The number of pyridine rings is 1. The number of β-lactam (4-membered cyclic amide) rings is 1. The molecule has 2 aliphatic heterocycles. The third kappa shape index (κ3) is 2.77. The van der Waals surface area contributed by atoms with Crippen LogP contribution in [0.4, 0.5) is 0 Å². The number of hydrogen-bond donors (Lipinski definition) is 2. The van der Waals surface area contributed by atoms with Crippen molar-refractivity contribution in [3.8, 4) is 0 Å². The first-order valence-corrected chi connectivity index (χ1v) is 8.34. The van der Waals surface area contributed by atoms with Gasteiger partial charge in [0.25, 0.3) is 0 Å². The molecule has 0 aromatic carbocycles. The smallest absolute Gasteiger partial charge is 0.352 e. The van der Waals surface area contributed by atoms with Gasteiger partial charge in [-0.2, -0.15) is 4.57 Å². The Morgan fingerprint density at radius 1 is 1.57 bits per heavy atom. The van der Waals surface area contributed by atoms with Crippen molar-refractivity contribution in [1.82, 2.24) is 4.90 Å². The second kappa shape index (κ2) is 6.17. The van der Waals surface area contributed by atoms with Gasteiger partial charge in [0.1, 0.15) is 17.1 Å². The molecule has 1 amide bonds. The van der Waals surface area contributed by atoms with Gasteiger partial charge < -0.3 is 10.8 Å². The van der Waals surface area contributed by atoms with Crippen molar-refractivity contribution in [2.45, 2.75) is 24.9 Å². The number of carboxylic acid groups (broad SMARTS) is 1. The molecule has 2 aliphatic rings. The fraction of sp³-hybridized carbons (Fsp3) is 0.312. The number of aromatic nitrogens is 1. The Morgan fingerprint density at radius 3 is 3.04 bits per heavy atom. The highest BCUT2D eigenvalue weighted by molar-refractivity contribution is 8.00. The maximum absolute atomic E-state index is 11.9. The SMILES string of the molecule is Cc1cccc[n+]1C/C=C/C1=C(C(=O)O)N2C(=O)[C@@H](N)[C@H]2SC1. The van der Waals surface area contributed by atoms with Crippen LogP contribution in [0.1, 0.15) is 5.69 Å². The quantitative estimate of drug-likeness (QED) is 0.616. The molecule has 3 N–H and O–H groups in total. The third-order valence-electron chi connectivity index (χ3n) is 4.03. The van der Waals surface area contributed by atoms with Crippen molar-refractivity contribution in [1.29, 1.82) is 0 Å². The zero-order valence-electron chi connectivity index (χ0n) is 12.7. The molecule has 1 aromatic heterocycles. The van der Waals surface area contributed by atoms with E-state index in [0.29, 0.717) is 17.9 Å². The molecule has 3 heterocycles. The summed E-state index contributed by atoms with van der Waals surface area (Å²) in [4.78, 5) is 24.7. The molecule has 0 spiro atoms. The van der Waals surface area contributed by atoms with Gasteiger partial charge in [0.2, 0.25) is 5.91 Å². The number of carbonyl (C=O) groups is 2. The Balaban J connectivity index is 1.82. The molecule has 2 atom stereocenters. The minimum atomic E-state index is -1.08. The number of amides is 1. The summed E-state index contributed by atoms with van der Waals surface area (Å²) >= 11 is 1.50. The number of hydrogen-bond acceptors (Lipinski definition) is 4. The van der Waals surface area contributed by atoms with Crippen LogP contribution in [0.25, 0.3) is 0 Å². The number of rotatable bonds is 4. The lowest BCUT2D eigenvalue weighted by molar-refractivity contribution is -0.693. The van der Waals surface area contributed by atoms with E-state index in [1.807, 2.05) is 37.4 Å². The number of nitrogens with zero attached hydrogens (tertiary/aromatic N) is 2. The molecule has 0 bridgehead atoms. The number of fused-ring (bicyclic) bond motifs is 1. The van der Waals surface area contributed by atoms with E-state index in [1.165, 1.54) is 16.7 Å². The van der Waals surface area contributed by atoms with Crippen LogP contribution in [0, 0.1) is 6.92 Å². The largest absolute Gasteiger partial charge is 0.477 e. The lowest BCUT2D eigenvalue weighted by atomic mass is 10.0. The van der Waals surface area contributed by atoms with Crippen molar-refractivity contribution in [2.24, 2.45) is 5.73 Å². The third-order valence-corrected chi connectivity index (χ3v) is 5.35. The highest BCUT2D eigenvalue weighted by Crippen LogP contribution is 2.39. The number of thioether (sulfide) groups is 1. The normalized spacial score (nSPS) is 23.9. The fourth-order valence-corrected chi connectivity index (χ4v) is 4.01. The van der Waals surface area contributed by atoms with Crippen LogP contribution in [-0.2, 0) is 16.1 Å². The maximum Gasteiger partial charge on any atom is 0.352 e. The molecular formula is C16H18N3O3S+. The van der Waals surface area contributed by atoms with Crippen LogP contribution in [0.2, 0.25) is 0 Å². The molecule has 0 aliphatic carbocycles. The summed E-state index contributed by atoms with van der Waals surface area (Å²) in [5.41, 5.74) is 7.55. The summed E-state index contributed by atoms with van der Waals surface area (Å²) in [7, 11) is 0. The highest BCUT2D eigenvalue weighted by Gasteiger charge is 2.51. The molecule has 6 nitrogen and oxygen atoms in total. The van der Waals surface area contributed by atoms with E-state index in [2.05, 4.69) is 4.57 Å². The number of carboxylic acids is 1. The standard InChI is InChI=1S/C16H17N3O3S/c1-10-5-2-3-7-18(10)8-4-6-11-9-23-15-12(17)14(20)19(15)13(11)16(21)22/h2-7,12,15H,8-9,17H2,1H3/p+1/b6-4+/t12-,15-/m1/s1. The van der Waals surface area contributed by atoms with Crippen molar-refractivity contribution in [3.05, 3.63) is 53.5 Å². The van der Waals surface area contributed by atoms with Gasteiger partial charge in [-0.1, -0.05) is 12.1 Å². The van der Waals surface area contributed by atoms with E-state index in [0.717, 1.165) is 5.69 Å². The van der Waals surface area contributed by atoms with Gasteiger partial charge >= 0.3 is 5.97 Å². The average Bonchev–Trinajstić information content (AvgIpc) is 2.55. The van der Waals surface area contributed by atoms with Crippen molar-refractivity contribution in [3.63, 3.8) is 0 Å². The number of aliphatic carboxylic acids is 1. The first kappa shape index (κ1) is 15.8. The second-order valence-corrected chi connectivity index (χ2v) is 6.62. The van der Waals surface area contributed by atoms with Crippen LogP contribution in [0.5, 0.6) is 0 Å². The van der Waals surface area contributed by atoms with E-state index in [-0.39, 0.29) is 17.0 Å². The first-order valence-electron chi connectivity index (χ1n) is 7.29. The Bertz CT molecular complexity index is 729. The summed E-state index contributed by atoms with van der Waals surface area (Å²) in [6.07, 6.45) is 5.68. The lowest BCUT2D eigenvalue weighted by Crippen LogP contribution is -2.68. The molecular weight excluding hydrogens is 314 g/mol. The average molecular weight is 332 g/mol. The molecule has 1 fully saturated rings. The van der Waals surface area contributed by atoms with Crippen LogP contribution >= 0.6 is 11.8 Å². The summed E-state index contributed by atoms with van der Waals surface area (Å²) in [5, 5.41) is 9.20. The molecule has 1 saturated heterocycles. The minimum absolute atomic E-state index is 0.0616. The van der Waals surface area contributed by atoms with Gasteiger partial charge in [-0.25, -0.2) is 4.79 Å². The van der Waals surface area contributed by atoms with Crippen molar-refractivity contribution < 1.29 is 19.3 Å². The fourth-order valence-electron chi connectivity index (χ4n) is 2.74. The molecule has 0 radical (unpaired) electrons. The molecule has 23 heavy (non-hydrogen) atoms. The Kier molecular flexibility index (Phi) is 4.23. The summed E-state index contributed by atoms with van der Waals surface area (Å²) in [6, 6.07) is 5.33. The van der Waals surface area contributed by atoms with Crippen molar-refractivity contribution in [2.75, 3.05) is 5.75 Å². The van der Waals surface area contributed by atoms with Crippen LogP contribution in [0.3, 0.4) is 0 Å². The minimum Gasteiger partial charge on any atom is -0.477 e. The Labute approximate surface area is 138 Å². The first-order chi connectivity index (χ1) is 11.0. The molecule has 7 heteroatoms. The molecule has 120 valence electrons. The lowest BCUT2D eigenvalue weighted by Gasteiger charge is -2.47. The molecule has 1 aromatic rings.